The largest absolute Gasteiger partial charge is 0.493 e. The molecule has 0 radical (unpaired) electrons. The number of thiazole rings is 1. The summed E-state index contributed by atoms with van der Waals surface area (Å²) >= 11 is 1.47. The van der Waals surface area contributed by atoms with Gasteiger partial charge in [0.05, 0.1) is 5.38 Å². The summed E-state index contributed by atoms with van der Waals surface area (Å²) in [6.45, 7) is 8.46. The first-order chi connectivity index (χ1) is 7.17. The van der Waals surface area contributed by atoms with Crippen LogP contribution in [-0.4, -0.2) is 48.2 Å². The van der Waals surface area contributed by atoms with E-state index in [4.69, 9.17) is 5.11 Å². The summed E-state index contributed by atoms with van der Waals surface area (Å²) in [4.78, 5) is 8.46. The summed E-state index contributed by atoms with van der Waals surface area (Å²) in [7, 11) is 2.00. The van der Waals surface area contributed by atoms with Crippen LogP contribution in [0.15, 0.2) is 5.38 Å². The molecule has 0 saturated carbocycles. The Morgan fingerprint density at radius 2 is 2.00 bits per heavy atom. The van der Waals surface area contributed by atoms with Crippen LogP contribution in [0.4, 0.5) is 5.13 Å². The van der Waals surface area contributed by atoms with Crippen molar-refractivity contribution in [3.8, 4) is 5.88 Å². The molecule has 0 aliphatic heterocycles. The Labute approximate surface area is 95.2 Å². The maximum Gasteiger partial charge on any atom is 0.223 e. The van der Waals surface area contributed by atoms with Crippen molar-refractivity contribution in [2.45, 2.75) is 13.8 Å². The molecule has 1 heterocycles. The molecule has 0 amide bonds. The third-order valence-electron chi connectivity index (χ3n) is 2.45. The van der Waals surface area contributed by atoms with Gasteiger partial charge in [0.25, 0.3) is 0 Å². The molecule has 86 valence electrons. The second-order valence-corrected chi connectivity index (χ2v) is 4.27. The van der Waals surface area contributed by atoms with Crippen molar-refractivity contribution in [2.24, 2.45) is 0 Å². The summed E-state index contributed by atoms with van der Waals surface area (Å²) in [6, 6.07) is 0. The lowest BCUT2D eigenvalue weighted by Crippen LogP contribution is -2.32. The molecule has 15 heavy (non-hydrogen) atoms. The quantitative estimate of drug-likeness (QED) is 0.805. The van der Waals surface area contributed by atoms with E-state index in [2.05, 4.69) is 28.6 Å². The number of nitrogens with zero attached hydrogens (tertiary/aromatic N) is 3. The smallest absolute Gasteiger partial charge is 0.223 e. The van der Waals surface area contributed by atoms with Gasteiger partial charge in [0.1, 0.15) is 0 Å². The maximum absolute atomic E-state index is 9.13. The van der Waals surface area contributed by atoms with Crippen LogP contribution in [0.25, 0.3) is 0 Å². The molecule has 0 atom stereocenters. The minimum absolute atomic E-state index is 0.115. The highest BCUT2D eigenvalue weighted by Crippen LogP contribution is 2.22. The molecule has 1 N–H and O–H groups in total. The standard InChI is InChI=1S/C10H19N3OS/c1-4-13(5-2)7-6-12(3)10-11-9(14)8-15-10/h8,14H,4-7H2,1-3H3. The van der Waals surface area contributed by atoms with Gasteiger partial charge in [-0.2, -0.15) is 4.98 Å². The first kappa shape index (κ1) is 12.3. The lowest BCUT2D eigenvalue weighted by atomic mass is 10.4. The topological polar surface area (TPSA) is 39.6 Å². The summed E-state index contributed by atoms with van der Waals surface area (Å²) in [6.07, 6.45) is 0. The van der Waals surface area contributed by atoms with E-state index >= 15 is 0 Å². The van der Waals surface area contributed by atoms with Gasteiger partial charge >= 0.3 is 0 Å². The average Bonchev–Trinajstić information content (AvgIpc) is 2.66. The molecule has 0 bridgehead atoms. The number of rotatable bonds is 6. The molecule has 0 saturated heterocycles. The normalized spacial score (nSPS) is 10.9. The summed E-state index contributed by atoms with van der Waals surface area (Å²) in [5, 5.41) is 11.7. The predicted octanol–water partition coefficient (Wildman–Crippen LogP) is 1.63. The third-order valence-corrected chi connectivity index (χ3v) is 3.39. The van der Waals surface area contributed by atoms with Crippen molar-refractivity contribution in [1.29, 1.82) is 0 Å². The number of hydrogen-bond donors (Lipinski definition) is 1. The minimum atomic E-state index is 0.115. The maximum atomic E-state index is 9.13. The highest BCUT2D eigenvalue weighted by atomic mass is 32.1. The van der Waals surface area contributed by atoms with Crippen LogP contribution in [0.2, 0.25) is 0 Å². The Kier molecular flexibility index (Phi) is 4.84. The van der Waals surface area contributed by atoms with Gasteiger partial charge in [-0.1, -0.05) is 13.8 Å². The molecule has 5 heteroatoms. The van der Waals surface area contributed by atoms with Crippen molar-refractivity contribution in [3.63, 3.8) is 0 Å². The molecular formula is C10H19N3OS. The van der Waals surface area contributed by atoms with Crippen LogP contribution < -0.4 is 4.90 Å². The van der Waals surface area contributed by atoms with Gasteiger partial charge < -0.3 is 14.9 Å². The van der Waals surface area contributed by atoms with Crippen molar-refractivity contribution in [1.82, 2.24) is 9.88 Å². The number of hydrogen-bond acceptors (Lipinski definition) is 5. The first-order valence-corrected chi connectivity index (χ1v) is 6.13. The lowest BCUT2D eigenvalue weighted by molar-refractivity contribution is 0.311. The summed E-state index contributed by atoms with van der Waals surface area (Å²) in [5.74, 6) is 0.115. The molecular weight excluding hydrogens is 210 g/mol. The average molecular weight is 229 g/mol. The number of aromatic hydroxyl groups is 1. The van der Waals surface area contributed by atoms with Crippen molar-refractivity contribution in [3.05, 3.63) is 5.38 Å². The van der Waals surface area contributed by atoms with Crippen molar-refractivity contribution < 1.29 is 5.11 Å². The molecule has 1 aromatic heterocycles. The minimum Gasteiger partial charge on any atom is -0.493 e. The van der Waals surface area contributed by atoms with E-state index in [1.54, 1.807) is 5.38 Å². The molecule has 4 nitrogen and oxygen atoms in total. The van der Waals surface area contributed by atoms with E-state index in [0.29, 0.717) is 0 Å². The molecule has 0 unspecified atom stereocenters. The third kappa shape index (κ3) is 3.68. The Balaban J connectivity index is 2.39. The molecule has 0 aliphatic carbocycles. The van der Waals surface area contributed by atoms with E-state index in [1.165, 1.54) is 11.3 Å². The van der Waals surface area contributed by atoms with Gasteiger partial charge in [-0.25, -0.2) is 0 Å². The second kappa shape index (κ2) is 5.92. The molecule has 0 spiro atoms. The van der Waals surface area contributed by atoms with Gasteiger partial charge in [-0.15, -0.1) is 11.3 Å². The second-order valence-electron chi connectivity index (χ2n) is 3.44. The fourth-order valence-electron chi connectivity index (χ4n) is 1.36. The Morgan fingerprint density at radius 3 is 2.47 bits per heavy atom. The fraction of sp³-hybridized carbons (Fsp3) is 0.700. The zero-order valence-electron chi connectivity index (χ0n) is 9.60. The van der Waals surface area contributed by atoms with Gasteiger partial charge in [0, 0.05) is 20.1 Å². The SMILES string of the molecule is CCN(CC)CCN(C)c1nc(O)cs1. The van der Waals surface area contributed by atoms with Gasteiger partial charge in [-0.05, 0) is 13.1 Å². The molecule has 1 rings (SSSR count). The zero-order chi connectivity index (χ0) is 11.3. The van der Waals surface area contributed by atoms with E-state index in [0.717, 1.165) is 31.3 Å². The number of aromatic nitrogens is 1. The van der Waals surface area contributed by atoms with Crippen LogP contribution in [0.3, 0.4) is 0 Å². The monoisotopic (exact) mass is 229 g/mol. The molecule has 0 fully saturated rings. The van der Waals surface area contributed by atoms with Crippen LogP contribution >= 0.6 is 11.3 Å². The van der Waals surface area contributed by atoms with Crippen LogP contribution in [0.1, 0.15) is 13.8 Å². The molecule has 0 aromatic carbocycles. The molecule has 0 aliphatic rings. The van der Waals surface area contributed by atoms with E-state index in [9.17, 15) is 0 Å². The highest BCUT2D eigenvalue weighted by molar-refractivity contribution is 7.13. The Morgan fingerprint density at radius 1 is 1.33 bits per heavy atom. The van der Waals surface area contributed by atoms with Crippen LogP contribution in [0.5, 0.6) is 5.88 Å². The summed E-state index contributed by atoms with van der Waals surface area (Å²) < 4.78 is 0. The summed E-state index contributed by atoms with van der Waals surface area (Å²) in [5.41, 5.74) is 0. The fourth-order valence-corrected chi connectivity index (χ4v) is 2.04. The Hall–Kier alpha value is -0.810. The predicted molar refractivity (Wildman–Crippen MR) is 64.8 cm³/mol. The van der Waals surface area contributed by atoms with Gasteiger partial charge in [0.2, 0.25) is 5.88 Å². The van der Waals surface area contributed by atoms with Crippen molar-refractivity contribution >= 4 is 16.5 Å². The number of anilines is 1. The van der Waals surface area contributed by atoms with E-state index in [-0.39, 0.29) is 5.88 Å². The van der Waals surface area contributed by atoms with Gasteiger partial charge in [-0.3, -0.25) is 0 Å². The van der Waals surface area contributed by atoms with Crippen LogP contribution in [-0.2, 0) is 0 Å². The Bertz CT molecular complexity index is 286. The highest BCUT2D eigenvalue weighted by Gasteiger charge is 2.07. The molecule has 1 aromatic rings. The first-order valence-electron chi connectivity index (χ1n) is 5.25. The lowest BCUT2D eigenvalue weighted by Gasteiger charge is -2.22. The van der Waals surface area contributed by atoms with E-state index < -0.39 is 0 Å². The zero-order valence-corrected chi connectivity index (χ0v) is 10.4. The number of likely N-dealkylation sites (N-methyl/N-ethyl adjacent to an activating group) is 2. The van der Waals surface area contributed by atoms with Crippen LogP contribution in [0, 0.1) is 0 Å². The van der Waals surface area contributed by atoms with Gasteiger partial charge in [0.15, 0.2) is 5.13 Å². The van der Waals surface area contributed by atoms with E-state index in [1.807, 2.05) is 7.05 Å². The van der Waals surface area contributed by atoms with Crippen molar-refractivity contribution in [2.75, 3.05) is 38.1 Å².